The molecular formula is C14H14N2O3. The van der Waals surface area contributed by atoms with Gasteiger partial charge in [-0.05, 0) is 17.7 Å². The number of carbonyl (C=O) groups is 1. The first kappa shape index (κ1) is 12.9. The Morgan fingerprint density at radius 1 is 1.21 bits per heavy atom. The second kappa shape index (κ2) is 5.86. The minimum absolute atomic E-state index is 0.212. The lowest BCUT2D eigenvalue weighted by Gasteiger charge is -2.06. The van der Waals surface area contributed by atoms with Crippen molar-refractivity contribution in [3.05, 3.63) is 65.1 Å². The number of nitrogens with one attached hydrogen (secondary N) is 1. The average molecular weight is 258 g/mol. The number of benzene rings is 1. The molecular weight excluding hydrogens is 244 g/mol. The molecule has 0 unspecified atom stereocenters. The molecule has 2 aromatic rings. The summed E-state index contributed by atoms with van der Waals surface area (Å²) in [5, 5.41) is 13.6. The third-order valence-electron chi connectivity index (χ3n) is 2.68. The van der Waals surface area contributed by atoms with Crippen molar-refractivity contribution in [3.63, 3.8) is 0 Å². The van der Waals surface area contributed by atoms with Crippen LogP contribution >= 0.6 is 0 Å². The standard InChI is InChI=1S/C14H14N2O3/c1-19-13-4-2-11(3-5-13)10-15-14(17)12-6-8-16(18)9-7-12/h2-9H,10H2,1H3,(H,15,17). The van der Waals surface area contributed by atoms with Crippen molar-refractivity contribution in [1.29, 1.82) is 0 Å². The molecule has 98 valence electrons. The summed E-state index contributed by atoms with van der Waals surface area (Å²) in [6.07, 6.45) is 2.59. The number of hydrogen-bond donors (Lipinski definition) is 1. The number of rotatable bonds is 4. The predicted octanol–water partition coefficient (Wildman–Crippen LogP) is 1.26. The topological polar surface area (TPSA) is 65.3 Å². The molecule has 0 radical (unpaired) electrons. The number of aromatic nitrogens is 1. The van der Waals surface area contributed by atoms with Crippen LogP contribution in [0.4, 0.5) is 0 Å². The molecule has 0 spiro atoms. The van der Waals surface area contributed by atoms with E-state index in [0.717, 1.165) is 11.3 Å². The molecule has 1 amide bonds. The molecule has 1 heterocycles. The van der Waals surface area contributed by atoms with Crippen molar-refractivity contribution in [2.75, 3.05) is 7.11 Å². The van der Waals surface area contributed by atoms with E-state index >= 15 is 0 Å². The van der Waals surface area contributed by atoms with Crippen LogP contribution in [0.2, 0.25) is 0 Å². The van der Waals surface area contributed by atoms with Gasteiger partial charge in [0, 0.05) is 18.7 Å². The summed E-state index contributed by atoms with van der Waals surface area (Å²) in [6.45, 7) is 0.426. The van der Waals surface area contributed by atoms with Gasteiger partial charge in [-0.25, -0.2) is 0 Å². The fraction of sp³-hybridized carbons (Fsp3) is 0.143. The number of methoxy groups -OCH3 is 1. The minimum atomic E-state index is -0.212. The van der Waals surface area contributed by atoms with Gasteiger partial charge in [-0.3, -0.25) is 4.79 Å². The van der Waals surface area contributed by atoms with E-state index in [9.17, 15) is 10.0 Å². The summed E-state index contributed by atoms with van der Waals surface area (Å²) in [7, 11) is 1.61. The van der Waals surface area contributed by atoms with Gasteiger partial charge < -0.3 is 15.3 Å². The Hall–Kier alpha value is -2.56. The number of hydrogen-bond acceptors (Lipinski definition) is 3. The highest BCUT2D eigenvalue weighted by molar-refractivity contribution is 5.93. The van der Waals surface area contributed by atoms with E-state index < -0.39 is 0 Å². The molecule has 1 aromatic carbocycles. The molecule has 0 aliphatic heterocycles. The van der Waals surface area contributed by atoms with Crippen molar-refractivity contribution < 1.29 is 14.3 Å². The van der Waals surface area contributed by atoms with Crippen LogP contribution < -0.4 is 14.8 Å². The second-order valence-corrected chi connectivity index (χ2v) is 3.98. The Bertz CT molecular complexity index is 550. The summed E-state index contributed by atoms with van der Waals surface area (Å²) in [4.78, 5) is 11.8. The maximum atomic E-state index is 11.8. The molecule has 1 aromatic heterocycles. The molecule has 19 heavy (non-hydrogen) atoms. The highest BCUT2D eigenvalue weighted by Gasteiger charge is 2.06. The first-order chi connectivity index (χ1) is 9.19. The van der Waals surface area contributed by atoms with E-state index in [0.29, 0.717) is 16.8 Å². The molecule has 0 aliphatic carbocycles. The second-order valence-electron chi connectivity index (χ2n) is 3.98. The summed E-state index contributed by atoms with van der Waals surface area (Å²) in [5.74, 6) is 0.564. The van der Waals surface area contributed by atoms with Crippen molar-refractivity contribution in [2.24, 2.45) is 0 Å². The average Bonchev–Trinajstić information content (AvgIpc) is 2.46. The lowest BCUT2D eigenvalue weighted by Crippen LogP contribution is -2.27. The number of pyridine rings is 1. The van der Waals surface area contributed by atoms with E-state index in [1.165, 1.54) is 24.5 Å². The van der Waals surface area contributed by atoms with Gasteiger partial charge in [-0.1, -0.05) is 12.1 Å². The van der Waals surface area contributed by atoms with E-state index in [-0.39, 0.29) is 5.91 Å². The van der Waals surface area contributed by atoms with E-state index in [1.807, 2.05) is 24.3 Å². The first-order valence-electron chi connectivity index (χ1n) is 5.79. The third-order valence-corrected chi connectivity index (χ3v) is 2.68. The van der Waals surface area contributed by atoms with Crippen LogP contribution in [0.5, 0.6) is 5.75 Å². The molecule has 1 N–H and O–H groups in total. The Morgan fingerprint density at radius 2 is 1.84 bits per heavy atom. The fourth-order valence-electron chi connectivity index (χ4n) is 1.59. The monoisotopic (exact) mass is 258 g/mol. The van der Waals surface area contributed by atoms with Crippen LogP contribution in [0.3, 0.4) is 0 Å². The molecule has 0 fully saturated rings. The quantitative estimate of drug-likeness (QED) is 0.663. The van der Waals surface area contributed by atoms with Crippen molar-refractivity contribution in [3.8, 4) is 5.75 Å². The molecule has 0 atom stereocenters. The van der Waals surface area contributed by atoms with Crippen LogP contribution in [-0.4, -0.2) is 13.0 Å². The van der Waals surface area contributed by atoms with Crippen LogP contribution in [0.15, 0.2) is 48.8 Å². The number of ether oxygens (including phenoxy) is 1. The summed E-state index contributed by atoms with van der Waals surface area (Å²) in [6, 6.07) is 10.4. The number of amides is 1. The molecule has 0 aliphatic rings. The maximum absolute atomic E-state index is 11.8. The Labute approximate surface area is 111 Å². The molecule has 0 saturated heterocycles. The van der Waals surface area contributed by atoms with Gasteiger partial charge in [-0.2, -0.15) is 4.73 Å². The number of nitrogens with zero attached hydrogens (tertiary/aromatic N) is 1. The van der Waals surface area contributed by atoms with Crippen molar-refractivity contribution in [1.82, 2.24) is 5.32 Å². The number of carbonyl (C=O) groups excluding carboxylic acids is 1. The summed E-state index contributed by atoms with van der Waals surface area (Å²) >= 11 is 0. The molecule has 0 bridgehead atoms. The van der Waals surface area contributed by atoms with E-state index in [2.05, 4.69) is 5.32 Å². The summed E-state index contributed by atoms with van der Waals surface area (Å²) in [5.41, 5.74) is 1.43. The minimum Gasteiger partial charge on any atom is -0.619 e. The van der Waals surface area contributed by atoms with Crippen LogP contribution in [0.1, 0.15) is 15.9 Å². The zero-order valence-corrected chi connectivity index (χ0v) is 10.5. The fourth-order valence-corrected chi connectivity index (χ4v) is 1.59. The van der Waals surface area contributed by atoms with Gasteiger partial charge in [0.15, 0.2) is 12.4 Å². The zero-order chi connectivity index (χ0) is 13.7. The lowest BCUT2D eigenvalue weighted by atomic mass is 10.2. The zero-order valence-electron chi connectivity index (χ0n) is 10.5. The highest BCUT2D eigenvalue weighted by Crippen LogP contribution is 2.11. The lowest BCUT2D eigenvalue weighted by molar-refractivity contribution is -0.605. The summed E-state index contributed by atoms with van der Waals surface area (Å²) < 4.78 is 5.70. The van der Waals surface area contributed by atoms with Gasteiger partial charge in [0.05, 0.1) is 12.7 Å². The molecule has 2 rings (SSSR count). The van der Waals surface area contributed by atoms with Gasteiger partial charge in [0.1, 0.15) is 5.75 Å². The Morgan fingerprint density at radius 3 is 2.42 bits per heavy atom. The van der Waals surface area contributed by atoms with Crippen LogP contribution in [0.25, 0.3) is 0 Å². The predicted molar refractivity (Wildman–Crippen MR) is 69.6 cm³/mol. The van der Waals surface area contributed by atoms with Gasteiger partial charge in [0.25, 0.3) is 5.91 Å². The van der Waals surface area contributed by atoms with Gasteiger partial charge >= 0.3 is 0 Å². The Balaban J connectivity index is 1.94. The van der Waals surface area contributed by atoms with E-state index in [1.54, 1.807) is 7.11 Å². The largest absolute Gasteiger partial charge is 0.619 e. The first-order valence-corrected chi connectivity index (χ1v) is 5.79. The van der Waals surface area contributed by atoms with Crippen LogP contribution in [-0.2, 0) is 6.54 Å². The maximum Gasteiger partial charge on any atom is 0.252 e. The normalized spacial score (nSPS) is 9.95. The van der Waals surface area contributed by atoms with Crippen molar-refractivity contribution in [2.45, 2.75) is 6.54 Å². The van der Waals surface area contributed by atoms with E-state index in [4.69, 9.17) is 4.74 Å². The van der Waals surface area contributed by atoms with Gasteiger partial charge in [0.2, 0.25) is 0 Å². The molecule has 0 saturated carbocycles. The smallest absolute Gasteiger partial charge is 0.252 e. The van der Waals surface area contributed by atoms with Gasteiger partial charge in [-0.15, -0.1) is 0 Å². The van der Waals surface area contributed by atoms with Crippen molar-refractivity contribution >= 4 is 5.91 Å². The Kier molecular flexibility index (Phi) is 3.97. The third kappa shape index (κ3) is 3.45. The highest BCUT2D eigenvalue weighted by atomic mass is 16.5. The van der Waals surface area contributed by atoms with Crippen LogP contribution in [0, 0.1) is 5.21 Å². The molecule has 5 heteroatoms. The molecule has 5 nitrogen and oxygen atoms in total. The SMILES string of the molecule is COc1ccc(CNC(=O)c2cc[n+]([O-])cc2)cc1.